The summed E-state index contributed by atoms with van der Waals surface area (Å²) in [5.41, 5.74) is 0. The highest BCUT2D eigenvalue weighted by Crippen LogP contribution is 2.30. The Morgan fingerprint density at radius 3 is 1.22 bits per heavy atom. The summed E-state index contributed by atoms with van der Waals surface area (Å²) in [7, 11) is 0. The molecule has 0 amide bonds. The molecule has 2 aliphatic rings. The minimum Gasteiger partial charge on any atom is -0.391 e. The number of rotatable bonds is 9. The van der Waals surface area contributed by atoms with Gasteiger partial charge in [0.1, 0.15) is 48.8 Å². The number of aliphatic hydroxyl groups excluding tert-OH is 8. The number of hydrogen-bond donors (Lipinski definition) is 10. The molecule has 2 unspecified atom stereocenters. The number of ether oxygens (including phenoxy) is 2. The quantitative estimate of drug-likeness (QED) is 0.141. The van der Waals surface area contributed by atoms with Crippen LogP contribution in [-0.2, 0) is 19.1 Å². The third kappa shape index (κ3) is 5.16. The highest BCUT2D eigenvalue weighted by atomic mass is 16.7. The fourth-order valence-electron chi connectivity index (χ4n) is 3.64. The van der Waals surface area contributed by atoms with Gasteiger partial charge in [0.05, 0.1) is 13.2 Å². The van der Waals surface area contributed by atoms with Crippen molar-refractivity contribution in [3.05, 3.63) is 0 Å². The van der Waals surface area contributed by atoms with Gasteiger partial charge in [-0.1, -0.05) is 0 Å². The highest BCUT2D eigenvalue weighted by molar-refractivity contribution is 5.85. The Labute approximate surface area is 181 Å². The lowest BCUT2D eigenvalue weighted by Crippen LogP contribution is -2.67. The SMILES string of the molecule is O=C(CCCCC(=O)C1O[C@@](O)(CO)[C@@H](O)[C@H](O)[C@@H]1O)C1O[C@@](O)(CO)[C@@H](O)[C@H](O)[C@@H]1O. The van der Waals surface area contributed by atoms with Crippen molar-refractivity contribution in [2.75, 3.05) is 13.2 Å². The van der Waals surface area contributed by atoms with Crippen LogP contribution in [0.1, 0.15) is 25.7 Å². The van der Waals surface area contributed by atoms with E-state index in [1.54, 1.807) is 0 Å². The zero-order valence-electron chi connectivity index (χ0n) is 17.0. The number of aliphatic hydroxyl groups is 10. The molecule has 0 aromatic rings. The fraction of sp³-hybridized carbons (Fsp3) is 0.889. The van der Waals surface area contributed by atoms with Gasteiger partial charge in [-0.25, -0.2) is 0 Å². The molecule has 0 radical (unpaired) electrons. The highest BCUT2D eigenvalue weighted by Gasteiger charge is 2.55. The summed E-state index contributed by atoms with van der Waals surface area (Å²) in [5, 5.41) is 97.1. The Hall–Kier alpha value is -1.14. The molecule has 2 rings (SSSR count). The predicted molar refractivity (Wildman–Crippen MR) is 98.3 cm³/mol. The van der Waals surface area contributed by atoms with Gasteiger partial charge in [-0.3, -0.25) is 9.59 Å². The number of carbonyl (C=O) groups excluding carboxylic acids is 2. The third-order valence-electron chi connectivity index (χ3n) is 5.74. The van der Waals surface area contributed by atoms with Crippen LogP contribution in [0.4, 0.5) is 0 Å². The molecule has 186 valence electrons. The molecule has 0 aliphatic carbocycles. The summed E-state index contributed by atoms with van der Waals surface area (Å²) in [6.45, 7) is -2.30. The number of Topliss-reactive ketones (excluding diaryl/α,β-unsaturated/α-hetero) is 2. The van der Waals surface area contributed by atoms with E-state index >= 15 is 0 Å². The topological polar surface area (TPSA) is 255 Å². The maximum absolute atomic E-state index is 12.3. The standard InChI is InChI=1S/C18H30O14/c19-5-17(29)15(27)11(25)9(23)13(31-17)7(21)3-1-2-4-8(22)14-10(24)12(26)16(28)18(30,6-20)32-14/h9-16,19-20,23-30H,1-6H2/t9-,10-,11+,12+,13?,14?,15-,16-,17-,18-/m0/s1. The van der Waals surface area contributed by atoms with E-state index in [1.807, 2.05) is 0 Å². The van der Waals surface area contributed by atoms with Crippen LogP contribution in [0.2, 0.25) is 0 Å². The Bertz CT molecular complexity index is 618. The largest absolute Gasteiger partial charge is 0.391 e. The van der Waals surface area contributed by atoms with E-state index in [4.69, 9.17) is 19.7 Å². The normalized spacial score (nSPS) is 44.9. The Morgan fingerprint density at radius 2 is 0.938 bits per heavy atom. The molecule has 10 N–H and O–H groups in total. The second-order valence-electron chi connectivity index (χ2n) is 8.07. The van der Waals surface area contributed by atoms with Crippen molar-refractivity contribution in [1.82, 2.24) is 0 Å². The molecule has 0 spiro atoms. The molecular weight excluding hydrogens is 440 g/mol. The summed E-state index contributed by atoms with van der Waals surface area (Å²) in [6.07, 6.45) is -15.8. The maximum atomic E-state index is 12.3. The van der Waals surface area contributed by atoms with Crippen molar-refractivity contribution < 1.29 is 70.1 Å². The van der Waals surface area contributed by atoms with Gasteiger partial charge in [0.2, 0.25) is 11.6 Å². The first-order valence-corrected chi connectivity index (χ1v) is 9.99. The predicted octanol–water partition coefficient (Wildman–Crippen LogP) is -5.99. The molecule has 2 fully saturated rings. The molecular formula is C18H30O14. The van der Waals surface area contributed by atoms with Crippen molar-refractivity contribution in [2.24, 2.45) is 0 Å². The monoisotopic (exact) mass is 470 g/mol. The number of carbonyl (C=O) groups is 2. The van der Waals surface area contributed by atoms with Gasteiger partial charge in [-0.15, -0.1) is 0 Å². The molecule has 0 bridgehead atoms. The van der Waals surface area contributed by atoms with Gasteiger partial charge in [-0.2, -0.15) is 0 Å². The first-order valence-electron chi connectivity index (χ1n) is 9.99. The zero-order chi connectivity index (χ0) is 24.4. The Balaban J connectivity index is 1.89. The molecule has 0 aromatic heterocycles. The number of ketones is 2. The van der Waals surface area contributed by atoms with Gasteiger partial charge >= 0.3 is 0 Å². The van der Waals surface area contributed by atoms with E-state index in [9.17, 15) is 50.4 Å². The molecule has 10 atom stereocenters. The van der Waals surface area contributed by atoms with Crippen LogP contribution in [0.25, 0.3) is 0 Å². The van der Waals surface area contributed by atoms with Crippen LogP contribution in [0.15, 0.2) is 0 Å². The molecule has 0 saturated carbocycles. The molecule has 14 heteroatoms. The third-order valence-corrected chi connectivity index (χ3v) is 5.74. The summed E-state index contributed by atoms with van der Waals surface area (Å²) < 4.78 is 9.79. The average Bonchev–Trinajstić information content (AvgIpc) is 2.78. The van der Waals surface area contributed by atoms with Gasteiger partial charge < -0.3 is 60.5 Å². The van der Waals surface area contributed by atoms with E-state index in [1.165, 1.54) is 0 Å². The van der Waals surface area contributed by atoms with Crippen molar-refractivity contribution in [3.8, 4) is 0 Å². The summed E-state index contributed by atoms with van der Waals surface area (Å²) in [4.78, 5) is 24.6. The van der Waals surface area contributed by atoms with Gasteiger partial charge in [0.15, 0.2) is 11.6 Å². The van der Waals surface area contributed by atoms with E-state index in [-0.39, 0.29) is 25.7 Å². The zero-order valence-corrected chi connectivity index (χ0v) is 17.0. The summed E-state index contributed by atoms with van der Waals surface area (Å²) in [6, 6.07) is 0. The van der Waals surface area contributed by atoms with E-state index in [2.05, 4.69) is 0 Å². The minimum atomic E-state index is -2.65. The summed E-state index contributed by atoms with van der Waals surface area (Å²) in [5.74, 6) is -6.88. The van der Waals surface area contributed by atoms with Crippen LogP contribution in [0.3, 0.4) is 0 Å². The lowest BCUT2D eigenvalue weighted by molar-refractivity contribution is -0.347. The lowest BCUT2D eigenvalue weighted by Gasteiger charge is -2.44. The van der Waals surface area contributed by atoms with Crippen LogP contribution in [-0.4, -0.2) is 136 Å². The molecule has 2 aliphatic heterocycles. The van der Waals surface area contributed by atoms with Gasteiger partial charge in [0, 0.05) is 12.8 Å². The van der Waals surface area contributed by atoms with Crippen LogP contribution in [0.5, 0.6) is 0 Å². The first kappa shape index (κ1) is 27.1. The Kier molecular flexibility index (Phi) is 8.82. The number of unbranched alkanes of at least 4 members (excludes halogenated alkanes) is 1. The number of hydrogen-bond acceptors (Lipinski definition) is 14. The molecule has 2 saturated heterocycles. The second-order valence-corrected chi connectivity index (χ2v) is 8.07. The molecule has 32 heavy (non-hydrogen) atoms. The summed E-state index contributed by atoms with van der Waals surface area (Å²) >= 11 is 0. The van der Waals surface area contributed by atoms with E-state index in [0.29, 0.717) is 0 Å². The maximum Gasteiger partial charge on any atom is 0.219 e. The van der Waals surface area contributed by atoms with Crippen LogP contribution >= 0.6 is 0 Å². The van der Waals surface area contributed by atoms with Crippen molar-refractivity contribution in [3.63, 3.8) is 0 Å². The molecule has 2 heterocycles. The smallest absolute Gasteiger partial charge is 0.219 e. The lowest BCUT2D eigenvalue weighted by atomic mass is 9.88. The van der Waals surface area contributed by atoms with Crippen LogP contribution in [0, 0.1) is 0 Å². The Morgan fingerprint density at radius 1 is 0.625 bits per heavy atom. The average molecular weight is 470 g/mol. The van der Waals surface area contributed by atoms with Gasteiger partial charge in [-0.05, 0) is 12.8 Å². The van der Waals surface area contributed by atoms with E-state index in [0.717, 1.165) is 0 Å². The van der Waals surface area contributed by atoms with Gasteiger partial charge in [0.25, 0.3) is 0 Å². The van der Waals surface area contributed by atoms with E-state index < -0.39 is 85.2 Å². The van der Waals surface area contributed by atoms with Crippen LogP contribution < -0.4 is 0 Å². The molecule has 0 aromatic carbocycles. The minimum absolute atomic E-state index is 0.0334. The fourth-order valence-corrected chi connectivity index (χ4v) is 3.64. The van der Waals surface area contributed by atoms with Crippen molar-refractivity contribution in [2.45, 2.75) is 86.1 Å². The van der Waals surface area contributed by atoms with Crippen molar-refractivity contribution in [1.29, 1.82) is 0 Å². The molecule has 14 nitrogen and oxygen atoms in total. The first-order chi connectivity index (χ1) is 14.8. The second kappa shape index (κ2) is 10.4. The van der Waals surface area contributed by atoms with Crippen molar-refractivity contribution >= 4 is 11.6 Å².